The van der Waals surface area contributed by atoms with Gasteiger partial charge in [0.1, 0.15) is 6.16 Å². The summed E-state index contributed by atoms with van der Waals surface area (Å²) in [7, 11) is 2.49. The zero-order valence-electron chi connectivity index (χ0n) is 7.73. The first-order valence-electron chi connectivity index (χ1n) is 3.36. The van der Waals surface area contributed by atoms with Crippen molar-refractivity contribution in [3.8, 4) is 0 Å². The van der Waals surface area contributed by atoms with Gasteiger partial charge in [-0.05, 0) is 0 Å². The van der Waals surface area contributed by atoms with E-state index < -0.39 is 7.60 Å². The van der Waals surface area contributed by atoms with Gasteiger partial charge < -0.3 is 13.9 Å². The van der Waals surface area contributed by atoms with E-state index in [2.05, 4.69) is 9.05 Å². The number of hydrogen-bond donors (Lipinski definition) is 0. The first-order valence-corrected chi connectivity index (χ1v) is 5.08. The van der Waals surface area contributed by atoms with Gasteiger partial charge >= 0.3 is 7.60 Å². The quantitative estimate of drug-likeness (QED) is 0.615. The van der Waals surface area contributed by atoms with Crippen LogP contribution in [0.1, 0.15) is 0 Å². The Hall–Kier alpha value is -0.380. The molecular weight excluding hydrogens is 181 g/mol. The van der Waals surface area contributed by atoms with Crippen LogP contribution in [0.3, 0.4) is 0 Å². The second-order valence-corrected chi connectivity index (χ2v) is 4.69. The van der Waals surface area contributed by atoms with E-state index in [0.717, 1.165) is 0 Å². The van der Waals surface area contributed by atoms with Crippen molar-refractivity contribution in [1.82, 2.24) is 4.90 Å². The Morgan fingerprint density at radius 3 is 2.00 bits per heavy atom. The summed E-state index contributed by atoms with van der Waals surface area (Å²) in [6, 6.07) is 0. The Morgan fingerprint density at radius 2 is 1.75 bits per heavy atom. The molecule has 0 heterocycles. The lowest BCUT2D eigenvalue weighted by molar-refractivity contribution is -0.126. The molecule has 0 saturated carbocycles. The van der Waals surface area contributed by atoms with E-state index in [0.29, 0.717) is 0 Å². The van der Waals surface area contributed by atoms with E-state index in [9.17, 15) is 9.36 Å². The Kier molecular flexibility index (Phi) is 4.45. The highest BCUT2D eigenvalue weighted by atomic mass is 31.2. The van der Waals surface area contributed by atoms with Gasteiger partial charge in [-0.1, -0.05) is 0 Å². The molecule has 0 aliphatic carbocycles. The van der Waals surface area contributed by atoms with Gasteiger partial charge in [0, 0.05) is 28.3 Å². The van der Waals surface area contributed by atoms with Crippen molar-refractivity contribution in [1.29, 1.82) is 0 Å². The fourth-order valence-corrected chi connectivity index (χ4v) is 1.53. The average molecular weight is 195 g/mol. The molecule has 0 aromatic rings. The van der Waals surface area contributed by atoms with Crippen LogP contribution in [-0.4, -0.2) is 45.3 Å². The molecule has 0 unspecified atom stereocenters. The van der Waals surface area contributed by atoms with Gasteiger partial charge in [0.25, 0.3) is 0 Å². The molecule has 12 heavy (non-hydrogen) atoms. The first kappa shape index (κ1) is 11.6. The summed E-state index contributed by atoms with van der Waals surface area (Å²) in [5.74, 6) is -0.276. The lowest BCUT2D eigenvalue weighted by Gasteiger charge is -2.15. The minimum Gasteiger partial charge on any atom is -0.348 e. The molecule has 0 rings (SSSR count). The molecule has 0 atom stereocenters. The molecule has 0 N–H and O–H groups in total. The van der Waals surface area contributed by atoms with Crippen LogP contribution >= 0.6 is 7.60 Å². The van der Waals surface area contributed by atoms with Crippen LogP contribution in [0.4, 0.5) is 0 Å². The molecular formula is C6H14NO4P. The number of amides is 1. The molecule has 0 aliphatic heterocycles. The van der Waals surface area contributed by atoms with E-state index in [1.165, 1.54) is 19.1 Å². The predicted molar refractivity (Wildman–Crippen MR) is 45.2 cm³/mol. The molecule has 0 radical (unpaired) electrons. The summed E-state index contributed by atoms with van der Waals surface area (Å²) < 4.78 is 20.6. The smallest absolute Gasteiger partial charge is 0.339 e. The van der Waals surface area contributed by atoms with Gasteiger partial charge in [-0.2, -0.15) is 0 Å². The minimum atomic E-state index is -3.18. The van der Waals surface area contributed by atoms with Crippen molar-refractivity contribution >= 4 is 13.5 Å². The number of carbonyl (C=O) groups is 1. The highest BCUT2D eigenvalue weighted by molar-refractivity contribution is 7.54. The van der Waals surface area contributed by atoms with Gasteiger partial charge in [-0.3, -0.25) is 9.36 Å². The van der Waals surface area contributed by atoms with Crippen LogP contribution in [0, 0.1) is 0 Å². The molecule has 1 amide bonds. The topological polar surface area (TPSA) is 55.8 Å². The maximum absolute atomic E-state index is 11.4. The third-order valence-electron chi connectivity index (χ3n) is 1.38. The maximum atomic E-state index is 11.4. The van der Waals surface area contributed by atoms with Crippen molar-refractivity contribution < 1.29 is 18.4 Å². The zero-order valence-corrected chi connectivity index (χ0v) is 8.63. The van der Waals surface area contributed by atoms with Gasteiger partial charge in [-0.15, -0.1) is 0 Å². The van der Waals surface area contributed by atoms with Crippen LogP contribution in [-0.2, 0) is 18.4 Å². The van der Waals surface area contributed by atoms with Crippen LogP contribution in [0.15, 0.2) is 0 Å². The van der Waals surface area contributed by atoms with Gasteiger partial charge in [0.05, 0.1) is 0 Å². The normalized spacial score (nSPS) is 11.3. The number of hydrogen-bond acceptors (Lipinski definition) is 4. The fraction of sp³-hybridized carbons (Fsp3) is 0.833. The lowest BCUT2D eigenvalue weighted by Crippen LogP contribution is -2.25. The molecule has 0 spiro atoms. The Morgan fingerprint density at radius 1 is 1.33 bits per heavy atom. The van der Waals surface area contributed by atoms with Crippen molar-refractivity contribution in [3.05, 3.63) is 0 Å². The van der Waals surface area contributed by atoms with Crippen molar-refractivity contribution in [2.45, 2.75) is 0 Å². The molecule has 0 bridgehead atoms. The first-order chi connectivity index (χ1) is 5.45. The second-order valence-electron chi connectivity index (χ2n) is 2.42. The monoisotopic (exact) mass is 195 g/mol. The van der Waals surface area contributed by atoms with E-state index >= 15 is 0 Å². The second kappa shape index (κ2) is 4.60. The van der Waals surface area contributed by atoms with Crippen molar-refractivity contribution in [3.63, 3.8) is 0 Å². The summed E-state index contributed by atoms with van der Waals surface area (Å²) >= 11 is 0. The third kappa shape index (κ3) is 3.34. The summed E-state index contributed by atoms with van der Waals surface area (Å²) in [5.41, 5.74) is 0. The third-order valence-corrected chi connectivity index (χ3v) is 3.15. The summed E-state index contributed by atoms with van der Waals surface area (Å²) in [5, 5.41) is 0. The van der Waals surface area contributed by atoms with Gasteiger partial charge in [0.15, 0.2) is 0 Å². The highest BCUT2D eigenvalue weighted by Crippen LogP contribution is 2.45. The minimum absolute atomic E-state index is 0.215. The molecule has 0 aromatic carbocycles. The van der Waals surface area contributed by atoms with Gasteiger partial charge in [0.2, 0.25) is 5.91 Å². The Bertz CT molecular complexity index is 196. The van der Waals surface area contributed by atoms with Crippen molar-refractivity contribution in [2.24, 2.45) is 0 Å². The summed E-state index contributed by atoms with van der Waals surface area (Å²) in [4.78, 5) is 12.4. The Balaban J connectivity index is 4.23. The Labute approximate surface area is 72.2 Å². The molecule has 0 fully saturated rings. The standard InChI is InChI=1S/C6H14NO4P/c1-7(2)6(8)5-12(9,10-3)11-4/h5H2,1-4H3. The molecule has 0 aromatic heterocycles. The largest absolute Gasteiger partial charge is 0.348 e. The van der Waals surface area contributed by atoms with Gasteiger partial charge in [-0.25, -0.2) is 0 Å². The zero-order chi connectivity index (χ0) is 9.78. The van der Waals surface area contributed by atoms with Crippen molar-refractivity contribution in [2.75, 3.05) is 34.5 Å². The summed E-state index contributed by atoms with van der Waals surface area (Å²) in [6.07, 6.45) is -0.215. The van der Waals surface area contributed by atoms with Crippen LogP contribution in [0.25, 0.3) is 0 Å². The fourth-order valence-electron chi connectivity index (χ4n) is 0.511. The molecule has 72 valence electrons. The highest BCUT2D eigenvalue weighted by Gasteiger charge is 2.26. The molecule has 0 aliphatic rings. The van der Waals surface area contributed by atoms with E-state index in [4.69, 9.17) is 0 Å². The summed E-state index contributed by atoms with van der Waals surface area (Å²) in [6.45, 7) is 0. The predicted octanol–water partition coefficient (Wildman–Crippen LogP) is 0.560. The van der Waals surface area contributed by atoms with Crippen LogP contribution in [0.2, 0.25) is 0 Å². The van der Waals surface area contributed by atoms with E-state index in [1.807, 2.05) is 0 Å². The molecule has 5 nitrogen and oxygen atoms in total. The molecule has 0 saturated heterocycles. The maximum Gasteiger partial charge on any atom is 0.339 e. The van der Waals surface area contributed by atoms with E-state index in [-0.39, 0.29) is 12.1 Å². The number of rotatable bonds is 4. The number of carbonyl (C=O) groups excluding carboxylic acids is 1. The average Bonchev–Trinajstić information content (AvgIpc) is 2.04. The molecule has 6 heteroatoms. The van der Waals surface area contributed by atoms with Crippen LogP contribution in [0.5, 0.6) is 0 Å². The number of nitrogens with zero attached hydrogens (tertiary/aromatic N) is 1. The van der Waals surface area contributed by atoms with Crippen LogP contribution < -0.4 is 0 Å². The van der Waals surface area contributed by atoms with E-state index in [1.54, 1.807) is 14.1 Å². The SMILES string of the molecule is COP(=O)(CC(=O)N(C)C)OC. The lowest BCUT2D eigenvalue weighted by atomic mass is 10.6.